The quantitative estimate of drug-likeness (QED) is 0.835. The van der Waals surface area contributed by atoms with Crippen molar-refractivity contribution in [3.8, 4) is 6.07 Å². The molecular formula is C14H19N3O. The smallest absolute Gasteiger partial charge is 0.242 e. The molecule has 1 atom stereocenters. The Hall–Kier alpha value is -2.02. The molecule has 1 aromatic carbocycles. The zero-order valence-corrected chi connectivity index (χ0v) is 11.1. The summed E-state index contributed by atoms with van der Waals surface area (Å²) in [5.41, 5.74) is 2.28. The summed E-state index contributed by atoms with van der Waals surface area (Å²) in [7, 11) is 0. The van der Waals surface area contributed by atoms with Gasteiger partial charge in [-0.3, -0.25) is 4.79 Å². The van der Waals surface area contributed by atoms with E-state index in [-0.39, 0.29) is 11.9 Å². The lowest BCUT2D eigenvalue weighted by Gasteiger charge is -2.16. The summed E-state index contributed by atoms with van der Waals surface area (Å²) in [4.78, 5) is 11.7. The predicted octanol–water partition coefficient (Wildman–Crippen LogP) is 2.19. The number of nitriles is 1. The number of anilines is 1. The Balaban J connectivity index is 2.73. The summed E-state index contributed by atoms with van der Waals surface area (Å²) >= 11 is 0. The van der Waals surface area contributed by atoms with Crippen LogP contribution in [0.5, 0.6) is 0 Å². The largest absolute Gasteiger partial charge is 0.373 e. The molecule has 1 unspecified atom stereocenters. The van der Waals surface area contributed by atoms with Crippen LogP contribution in [0.2, 0.25) is 0 Å². The maximum absolute atomic E-state index is 11.7. The highest BCUT2D eigenvalue weighted by molar-refractivity contribution is 5.84. The molecule has 96 valence electrons. The molecule has 2 N–H and O–H groups in total. The highest BCUT2D eigenvalue weighted by Crippen LogP contribution is 2.17. The molecule has 4 nitrogen and oxygen atoms in total. The van der Waals surface area contributed by atoms with Crippen LogP contribution in [0.1, 0.15) is 31.4 Å². The van der Waals surface area contributed by atoms with Crippen molar-refractivity contribution in [3.05, 3.63) is 29.3 Å². The average molecular weight is 245 g/mol. The van der Waals surface area contributed by atoms with Gasteiger partial charge in [0.25, 0.3) is 0 Å². The Bertz CT molecular complexity index is 463. The molecule has 0 spiro atoms. The number of hydrogen-bond acceptors (Lipinski definition) is 3. The van der Waals surface area contributed by atoms with E-state index >= 15 is 0 Å². The lowest BCUT2D eigenvalue weighted by molar-refractivity contribution is -0.121. The molecule has 0 saturated heterocycles. The van der Waals surface area contributed by atoms with Crippen molar-refractivity contribution in [2.45, 2.75) is 33.2 Å². The van der Waals surface area contributed by atoms with Gasteiger partial charge in [-0.25, -0.2) is 0 Å². The third-order valence-electron chi connectivity index (χ3n) is 2.61. The van der Waals surface area contributed by atoms with Crippen LogP contribution in [-0.4, -0.2) is 18.5 Å². The fourth-order valence-corrected chi connectivity index (χ4v) is 1.58. The summed E-state index contributed by atoms with van der Waals surface area (Å²) in [6.45, 7) is 6.39. The number of amides is 1. The first-order valence-corrected chi connectivity index (χ1v) is 6.13. The first kappa shape index (κ1) is 14.0. The van der Waals surface area contributed by atoms with Crippen LogP contribution in [0.15, 0.2) is 18.2 Å². The first-order valence-electron chi connectivity index (χ1n) is 6.13. The Morgan fingerprint density at radius 3 is 2.83 bits per heavy atom. The topological polar surface area (TPSA) is 64.9 Å². The van der Waals surface area contributed by atoms with Gasteiger partial charge in [0.2, 0.25) is 5.91 Å². The summed E-state index contributed by atoms with van der Waals surface area (Å²) in [6.07, 6.45) is 0.909. The minimum Gasteiger partial charge on any atom is -0.373 e. The SMILES string of the molecule is CCCNC(=O)C(C)Nc1ccc(C)cc1C#N. The zero-order valence-electron chi connectivity index (χ0n) is 11.1. The van der Waals surface area contributed by atoms with Crippen LogP contribution in [-0.2, 0) is 4.79 Å². The number of aryl methyl sites for hydroxylation is 1. The molecule has 0 heterocycles. The first-order chi connectivity index (χ1) is 8.58. The van der Waals surface area contributed by atoms with Crippen LogP contribution in [0.25, 0.3) is 0 Å². The van der Waals surface area contributed by atoms with Crippen LogP contribution in [0, 0.1) is 18.3 Å². The van der Waals surface area contributed by atoms with Gasteiger partial charge in [-0.05, 0) is 38.0 Å². The van der Waals surface area contributed by atoms with Crippen LogP contribution in [0.4, 0.5) is 5.69 Å². The van der Waals surface area contributed by atoms with Crippen molar-refractivity contribution < 1.29 is 4.79 Å². The van der Waals surface area contributed by atoms with E-state index in [4.69, 9.17) is 5.26 Å². The van der Waals surface area contributed by atoms with E-state index in [1.165, 1.54) is 0 Å². The molecular weight excluding hydrogens is 226 g/mol. The van der Waals surface area contributed by atoms with Crippen molar-refractivity contribution in [1.29, 1.82) is 5.26 Å². The van der Waals surface area contributed by atoms with E-state index in [0.29, 0.717) is 17.8 Å². The van der Waals surface area contributed by atoms with Crippen molar-refractivity contribution in [1.82, 2.24) is 5.32 Å². The number of carbonyl (C=O) groups is 1. The lowest BCUT2D eigenvalue weighted by Crippen LogP contribution is -2.38. The highest BCUT2D eigenvalue weighted by atomic mass is 16.2. The van der Waals surface area contributed by atoms with Crippen LogP contribution in [0.3, 0.4) is 0 Å². The van der Waals surface area contributed by atoms with E-state index in [2.05, 4.69) is 16.7 Å². The Morgan fingerprint density at radius 1 is 1.50 bits per heavy atom. The minimum absolute atomic E-state index is 0.0543. The van der Waals surface area contributed by atoms with Crippen LogP contribution < -0.4 is 10.6 Å². The molecule has 0 radical (unpaired) electrons. The minimum atomic E-state index is -0.355. The molecule has 0 saturated carbocycles. The van der Waals surface area contributed by atoms with E-state index in [1.807, 2.05) is 26.0 Å². The van der Waals surface area contributed by atoms with E-state index in [9.17, 15) is 4.79 Å². The van der Waals surface area contributed by atoms with E-state index in [1.54, 1.807) is 13.0 Å². The second-order valence-corrected chi connectivity index (χ2v) is 4.32. The molecule has 1 aromatic rings. The third-order valence-corrected chi connectivity index (χ3v) is 2.61. The van der Waals surface area contributed by atoms with Crippen molar-refractivity contribution in [2.75, 3.05) is 11.9 Å². The molecule has 1 amide bonds. The lowest BCUT2D eigenvalue weighted by atomic mass is 10.1. The van der Waals surface area contributed by atoms with E-state index < -0.39 is 0 Å². The van der Waals surface area contributed by atoms with Crippen molar-refractivity contribution in [3.63, 3.8) is 0 Å². The second kappa shape index (κ2) is 6.65. The number of benzene rings is 1. The van der Waals surface area contributed by atoms with Gasteiger partial charge in [-0.15, -0.1) is 0 Å². The monoisotopic (exact) mass is 245 g/mol. The Kier molecular flexibility index (Phi) is 5.19. The molecule has 0 aliphatic heterocycles. The number of carbonyl (C=O) groups excluding carboxylic acids is 1. The second-order valence-electron chi connectivity index (χ2n) is 4.32. The molecule has 0 fully saturated rings. The van der Waals surface area contributed by atoms with Crippen molar-refractivity contribution >= 4 is 11.6 Å². The number of hydrogen-bond donors (Lipinski definition) is 2. The van der Waals surface area contributed by atoms with Crippen molar-refractivity contribution in [2.24, 2.45) is 0 Å². The van der Waals surface area contributed by atoms with Gasteiger partial charge in [-0.1, -0.05) is 13.0 Å². The summed E-state index contributed by atoms with van der Waals surface area (Å²) < 4.78 is 0. The average Bonchev–Trinajstić information content (AvgIpc) is 2.37. The number of rotatable bonds is 5. The fraction of sp³-hybridized carbons (Fsp3) is 0.429. The summed E-state index contributed by atoms with van der Waals surface area (Å²) in [5, 5.41) is 14.9. The third kappa shape index (κ3) is 3.77. The Labute approximate surface area is 108 Å². The van der Waals surface area contributed by atoms with Gasteiger partial charge >= 0.3 is 0 Å². The maximum Gasteiger partial charge on any atom is 0.242 e. The summed E-state index contributed by atoms with van der Waals surface area (Å²) in [6, 6.07) is 7.33. The van der Waals surface area contributed by atoms with Gasteiger partial charge in [0.1, 0.15) is 12.1 Å². The maximum atomic E-state index is 11.7. The predicted molar refractivity (Wildman–Crippen MR) is 72.3 cm³/mol. The van der Waals surface area contributed by atoms with Gasteiger partial charge in [0, 0.05) is 6.54 Å². The molecule has 4 heteroatoms. The van der Waals surface area contributed by atoms with E-state index in [0.717, 1.165) is 12.0 Å². The Morgan fingerprint density at radius 2 is 2.22 bits per heavy atom. The molecule has 0 aromatic heterocycles. The number of nitrogens with one attached hydrogen (secondary N) is 2. The number of nitrogens with zero attached hydrogens (tertiary/aromatic N) is 1. The molecule has 1 rings (SSSR count). The fourth-order valence-electron chi connectivity index (χ4n) is 1.58. The molecule has 0 bridgehead atoms. The molecule has 0 aliphatic carbocycles. The van der Waals surface area contributed by atoms with Gasteiger partial charge in [0.15, 0.2) is 0 Å². The van der Waals surface area contributed by atoms with Gasteiger partial charge in [0.05, 0.1) is 11.3 Å². The molecule has 0 aliphatic rings. The van der Waals surface area contributed by atoms with Gasteiger partial charge in [-0.2, -0.15) is 5.26 Å². The molecule has 18 heavy (non-hydrogen) atoms. The van der Waals surface area contributed by atoms with Crippen LogP contribution >= 0.6 is 0 Å². The highest BCUT2D eigenvalue weighted by Gasteiger charge is 2.13. The summed E-state index contributed by atoms with van der Waals surface area (Å²) in [5.74, 6) is -0.0543. The normalized spacial score (nSPS) is 11.4. The standard InChI is InChI=1S/C14H19N3O/c1-4-7-16-14(18)11(3)17-13-6-5-10(2)8-12(13)9-15/h5-6,8,11,17H,4,7H2,1-3H3,(H,16,18). The zero-order chi connectivity index (χ0) is 13.5. The van der Waals surface area contributed by atoms with Gasteiger partial charge < -0.3 is 10.6 Å².